The number of rotatable bonds is 41. The maximum absolute atomic E-state index is 12.8. The van der Waals surface area contributed by atoms with Crippen molar-refractivity contribution in [2.24, 2.45) is 0 Å². The first-order valence-electron chi connectivity index (χ1n) is 22.7. The van der Waals surface area contributed by atoms with Gasteiger partial charge in [-0.1, -0.05) is 192 Å². The third-order valence-corrected chi connectivity index (χ3v) is 11.2. The van der Waals surface area contributed by atoms with Crippen molar-refractivity contribution < 1.29 is 32.9 Å². The lowest BCUT2D eigenvalue weighted by Gasteiger charge is -2.25. The van der Waals surface area contributed by atoms with E-state index in [4.69, 9.17) is 9.05 Å². The Morgan fingerprint density at radius 3 is 1.48 bits per heavy atom. The molecule has 0 aromatic carbocycles. The van der Waals surface area contributed by atoms with Crippen molar-refractivity contribution in [3.05, 3.63) is 24.3 Å². The summed E-state index contributed by atoms with van der Waals surface area (Å²) in [6.45, 7) is 4.76. The van der Waals surface area contributed by atoms with Crippen molar-refractivity contribution in [1.29, 1.82) is 0 Å². The van der Waals surface area contributed by atoms with Crippen LogP contribution in [0.5, 0.6) is 0 Å². The number of phosphoric ester groups is 1. The van der Waals surface area contributed by atoms with E-state index >= 15 is 0 Å². The summed E-state index contributed by atoms with van der Waals surface area (Å²) in [5, 5.41) is 13.7. The van der Waals surface area contributed by atoms with Gasteiger partial charge < -0.3 is 19.8 Å². The molecular weight excluding hydrogens is 695 g/mol. The highest BCUT2D eigenvalue weighted by Gasteiger charge is 2.27. The number of aliphatic hydroxyl groups is 1. The van der Waals surface area contributed by atoms with Crippen LogP contribution in [0, 0.1) is 0 Å². The Labute approximate surface area is 334 Å². The van der Waals surface area contributed by atoms with E-state index in [1.165, 1.54) is 148 Å². The third-order valence-electron chi connectivity index (χ3n) is 10.2. The largest absolute Gasteiger partial charge is 0.472 e. The molecule has 0 spiro atoms. The van der Waals surface area contributed by atoms with Gasteiger partial charge in [0.05, 0.1) is 39.9 Å². The minimum atomic E-state index is -4.34. The summed E-state index contributed by atoms with van der Waals surface area (Å²) in [5.74, 6) is -0.186. The highest BCUT2D eigenvalue weighted by atomic mass is 31.2. The topological polar surface area (TPSA) is 105 Å². The number of carbonyl (C=O) groups is 1. The molecule has 3 N–H and O–H groups in total. The molecule has 0 aromatic rings. The van der Waals surface area contributed by atoms with Crippen LogP contribution in [0.3, 0.4) is 0 Å². The molecule has 3 atom stereocenters. The van der Waals surface area contributed by atoms with Gasteiger partial charge in [0.25, 0.3) is 0 Å². The molecule has 0 bridgehead atoms. The number of unbranched alkanes of at least 4 members (excludes halogenated alkanes) is 26. The standard InChI is InChI=1S/C45H89N2O6P/c1-6-8-10-12-14-16-18-19-20-21-22-23-24-25-26-27-28-29-31-33-35-37-39-45(49)46-43(42-53-54(50,51)52-41-40-47(3,4)5)44(48)38-36-34-32-30-17-15-13-11-9-7-2/h17,30,36,38,43-44,48H,6-16,18-29,31-35,37,39-42H2,1-5H3,(H-,46,49,50,51)/p+1/b30-17+,38-36+/t43-,44+/m0/s1. The van der Waals surface area contributed by atoms with Crippen LogP contribution < -0.4 is 5.32 Å². The van der Waals surface area contributed by atoms with Crippen LogP contribution in [-0.4, -0.2) is 73.4 Å². The lowest BCUT2D eigenvalue weighted by atomic mass is 10.0. The van der Waals surface area contributed by atoms with Gasteiger partial charge in [-0.3, -0.25) is 13.8 Å². The normalized spacial score (nSPS) is 14.6. The zero-order valence-electron chi connectivity index (χ0n) is 36.2. The number of nitrogens with zero attached hydrogens (tertiary/aromatic N) is 1. The first-order valence-corrected chi connectivity index (χ1v) is 24.2. The minimum Gasteiger partial charge on any atom is -0.387 e. The number of aliphatic hydroxyl groups excluding tert-OH is 1. The van der Waals surface area contributed by atoms with Crippen molar-refractivity contribution in [2.45, 2.75) is 219 Å². The fourth-order valence-corrected chi connectivity index (χ4v) is 7.26. The molecule has 0 radical (unpaired) electrons. The van der Waals surface area contributed by atoms with E-state index < -0.39 is 20.0 Å². The molecule has 0 aromatic heterocycles. The van der Waals surface area contributed by atoms with E-state index in [1.54, 1.807) is 6.08 Å². The number of amides is 1. The van der Waals surface area contributed by atoms with Gasteiger partial charge in [0.15, 0.2) is 0 Å². The predicted octanol–water partition coefficient (Wildman–Crippen LogP) is 12.5. The average Bonchev–Trinajstić information content (AvgIpc) is 3.12. The summed E-state index contributed by atoms with van der Waals surface area (Å²) in [6.07, 6.45) is 44.1. The van der Waals surface area contributed by atoms with Crippen LogP contribution in [0.4, 0.5) is 0 Å². The summed E-state index contributed by atoms with van der Waals surface area (Å²) in [5.41, 5.74) is 0. The fourth-order valence-electron chi connectivity index (χ4n) is 6.53. The minimum absolute atomic E-state index is 0.0579. The van der Waals surface area contributed by atoms with Gasteiger partial charge in [-0.25, -0.2) is 4.57 Å². The average molecular weight is 786 g/mol. The number of allylic oxidation sites excluding steroid dienone is 3. The second-order valence-corrected chi connectivity index (χ2v) is 18.2. The maximum Gasteiger partial charge on any atom is 0.472 e. The van der Waals surface area contributed by atoms with Crippen molar-refractivity contribution in [1.82, 2.24) is 5.32 Å². The van der Waals surface area contributed by atoms with Gasteiger partial charge in [0.1, 0.15) is 13.2 Å². The number of nitrogens with one attached hydrogen (secondary N) is 1. The van der Waals surface area contributed by atoms with Crippen molar-refractivity contribution in [2.75, 3.05) is 40.9 Å². The van der Waals surface area contributed by atoms with E-state index in [-0.39, 0.29) is 19.1 Å². The molecule has 0 saturated carbocycles. The van der Waals surface area contributed by atoms with E-state index in [0.29, 0.717) is 17.4 Å². The predicted molar refractivity (Wildman–Crippen MR) is 231 cm³/mol. The smallest absolute Gasteiger partial charge is 0.387 e. The Morgan fingerprint density at radius 1 is 0.611 bits per heavy atom. The second-order valence-electron chi connectivity index (χ2n) is 16.8. The molecular formula is C45H90N2O6P+. The van der Waals surface area contributed by atoms with Gasteiger partial charge in [-0.15, -0.1) is 0 Å². The molecule has 0 aliphatic heterocycles. The Morgan fingerprint density at radius 2 is 1.02 bits per heavy atom. The summed E-state index contributed by atoms with van der Waals surface area (Å²) < 4.78 is 23.5. The van der Waals surface area contributed by atoms with Gasteiger partial charge in [-0.05, 0) is 32.1 Å². The number of phosphoric acid groups is 1. The van der Waals surface area contributed by atoms with Crippen LogP contribution in [0.1, 0.15) is 206 Å². The van der Waals surface area contributed by atoms with E-state index in [9.17, 15) is 19.4 Å². The number of likely N-dealkylation sites (N-methyl/N-ethyl adjacent to an activating group) is 1. The number of carbonyl (C=O) groups excluding carboxylic acids is 1. The lowest BCUT2D eigenvalue weighted by Crippen LogP contribution is -2.45. The molecule has 9 heteroatoms. The highest BCUT2D eigenvalue weighted by molar-refractivity contribution is 7.47. The SMILES string of the molecule is CCCCCC/C=C/CC/C=C/[C@@H](O)[C@H](COP(=O)(O)OCC[N+](C)(C)C)NC(=O)CCCCCCCCCCCCCCCCCCCCCCCC. The zero-order chi connectivity index (χ0) is 40.0. The number of quaternary nitrogens is 1. The monoisotopic (exact) mass is 786 g/mol. The maximum atomic E-state index is 12.8. The summed E-state index contributed by atoms with van der Waals surface area (Å²) in [6, 6.07) is -0.856. The van der Waals surface area contributed by atoms with Gasteiger partial charge in [-0.2, -0.15) is 0 Å². The molecule has 0 fully saturated rings. The lowest BCUT2D eigenvalue weighted by molar-refractivity contribution is -0.870. The molecule has 0 aliphatic rings. The molecule has 0 rings (SSSR count). The Kier molecular flexibility index (Phi) is 36.8. The van der Waals surface area contributed by atoms with Crippen LogP contribution in [-0.2, 0) is 18.4 Å². The summed E-state index contributed by atoms with van der Waals surface area (Å²) in [7, 11) is 1.56. The van der Waals surface area contributed by atoms with Gasteiger partial charge >= 0.3 is 7.82 Å². The van der Waals surface area contributed by atoms with Crippen LogP contribution >= 0.6 is 7.82 Å². The summed E-state index contributed by atoms with van der Waals surface area (Å²) in [4.78, 5) is 23.1. The van der Waals surface area contributed by atoms with Gasteiger partial charge in [0.2, 0.25) is 5.91 Å². The first-order chi connectivity index (χ1) is 26.0. The van der Waals surface area contributed by atoms with Gasteiger partial charge in [0, 0.05) is 6.42 Å². The molecule has 1 unspecified atom stereocenters. The van der Waals surface area contributed by atoms with E-state index in [1.807, 2.05) is 27.2 Å². The van der Waals surface area contributed by atoms with Crippen molar-refractivity contribution >= 4 is 13.7 Å². The van der Waals surface area contributed by atoms with E-state index in [2.05, 4.69) is 31.3 Å². The fraction of sp³-hybridized carbons (Fsp3) is 0.889. The van der Waals surface area contributed by atoms with Crippen LogP contribution in [0.15, 0.2) is 24.3 Å². The second kappa shape index (κ2) is 37.6. The molecule has 0 heterocycles. The van der Waals surface area contributed by atoms with Crippen LogP contribution in [0.2, 0.25) is 0 Å². The van der Waals surface area contributed by atoms with Crippen molar-refractivity contribution in [3.8, 4) is 0 Å². The van der Waals surface area contributed by atoms with Crippen molar-refractivity contribution in [3.63, 3.8) is 0 Å². The number of hydrogen-bond donors (Lipinski definition) is 3. The van der Waals surface area contributed by atoms with E-state index in [0.717, 1.165) is 38.5 Å². The first kappa shape index (κ1) is 53.0. The van der Waals surface area contributed by atoms with Crippen LogP contribution in [0.25, 0.3) is 0 Å². The number of hydrogen-bond acceptors (Lipinski definition) is 5. The molecule has 8 nitrogen and oxygen atoms in total. The molecule has 54 heavy (non-hydrogen) atoms. The summed E-state index contributed by atoms with van der Waals surface area (Å²) >= 11 is 0. The third kappa shape index (κ3) is 39.2. The Bertz CT molecular complexity index is 938. The molecule has 1 amide bonds. The quantitative estimate of drug-likeness (QED) is 0.0247. The molecule has 0 saturated heterocycles. The Balaban J connectivity index is 4.23. The highest BCUT2D eigenvalue weighted by Crippen LogP contribution is 2.43. The Hall–Kier alpha value is -1.02. The molecule has 320 valence electrons. The molecule has 0 aliphatic carbocycles. The zero-order valence-corrected chi connectivity index (χ0v) is 37.1.